The van der Waals surface area contributed by atoms with Crippen molar-refractivity contribution in [3.05, 3.63) is 22.7 Å². The summed E-state index contributed by atoms with van der Waals surface area (Å²) < 4.78 is 32.4. The molecular weight excluding hydrogens is 318 g/mol. The van der Waals surface area contributed by atoms with Crippen LogP contribution in [0.15, 0.2) is 17.0 Å². The number of sulfonamides is 1. The highest BCUT2D eigenvalue weighted by molar-refractivity contribution is 7.89. The minimum atomic E-state index is -3.91. The first kappa shape index (κ1) is 16.1. The molecule has 2 N–H and O–H groups in total. The number of methoxy groups -OCH3 is 1. The number of benzene rings is 1. The van der Waals surface area contributed by atoms with Crippen LogP contribution >= 0.6 is 11.6 Å². The van der Waals surface area contributed by atoms with Crippen molar-refractivity contribution in [2.45, 2.75) is 31.2 Å². The Hall–Kier alpha value is -1.31. The van der Waals surface area contributed by atoms with E-state index < -0.39 is 16.0 Å². The van der Waals surface area contributed by atoms with Crippen LogP contribution in [0.5, 0.6) is 5.75 Å². The summed E-state index contributed by atoms with van der Waals surface area (Å²) in [5, 5.41) is 9.15. The molecule has 1 unspecified atom stereocenters. The lowest BCUT2D eigenvalue weighted by atomic mass is 10.2. The van der Waals surface area contributed by atoms with Crippen LogP contribution in [0.4, 0.5) is 0 Å². The molecule has 0 bridgehead atoms. The lowest BCUT2D eigenvalue weighted by Crippen LogP contribution is -2.29. The molecule has 0 heterocycles. The average Bonchev–Trinajstić information content (AvgIpc) is 2.94. The van der Waals surface area contributed by atoms with E-state index in [2.05, 4.69) is 4.72 Å². The second-order valence-corrected chi connectivity index (χ2v) is 7.78. The lowest BCUT2D eigenvalue weighted by Gasteiger charge is -2.14. The zero-order valence-corrected chi connectivity index (χ0v) is 13.4. The molecule has 0 aliphatic heterocycles. The molecule has 1 aliphatic carbocycles. The standard InChI is InChI=1S/C13H16ClNO5S/c1-13(2)6-10(13)15-21(18,19)9-5-7(14)4-8(12(16)17)11(9)20-3/h4-5,10,15H,6H2,1-3H3,(H,16,17). The van der Waals surface area contributed by atoms with E-state index in [1.807, 2.05) is 13.8 Å². The minimum Gasteiger partial charge on any atom is -0.494 e. The van der Waals surface area contributed by atoms with Crippen LogP contribution in [0.2, 0.25) is 5.02 Å². The van der Waals surface area contributed by atoms with Gasteiger partial charge in [-0.25, -0.2) is 17.9 Å². The molecule has 1 aromatic rings. The lowest BCUT2D eigenvalue weighted by molar-refractivity contribution is 0.0693. The summed E-state index contributed by atoms with van der Waals surface area (Å²) in [6.45, 7) is 3.89. The third-order valence-electron chi connectivity index (χ3n) is 3.55. The van der Waals surface area contributed by atoms with Gasteiger partial charge in [-0.2, -0.15) is 0 Å². The van der Waals surface area contributed by atoms with Crippen LogP contribution in [0.25, 0.3) is 0 Å². The number of carboxylic acids is 1. The average molecular weight is 334 g/mol. The van der Waals surface area contributed by atoms with Gasteiger partial charge in [0.25, 0.3) is 0 Å². The van der Waals surface area contributed by atoms with Crippen molar-refractivity contribution >= 4 is 27.6 Å². The topological polar surface area (TPSA) is 92.7 Å². The molecule has 1 saturated carbocycles. The van der Waals surface area contributed by atoms with Crippen LogP contribution in [-0.4, -0.2) is 32.6 Å². The summed E-state index contributed by atoms with van der Waals surface area (Å²) in [7, 11) is -2.69. The SMILES string of the molecule is COc1c(C(=O)O)cc(Cl)cc1S(=O)(=O)NC1CC1(C)C. The molecule has 0 aromatic heterocycles. The van der Waals surface area contributed by atoms with E-state index in [-0.39, 0.29) is 32.7 Å². The Morgan fingerprint density at radius 1 is 1.48 bits per heavy atom. The Morgan fingerprint density at radius 2 is 2.05 bits per heavy atom. The number of halogens is 1. The molecule has 0 radical (unpaired) electrons. The fourth-order valence-electron chi connectivity index (χ4n) is 2.06. The van der Waals surface area contributed by atoms with Crippen molar-refractivity contribution < 1.29 is 23.1 Å². The Bertz CT molecular complexity index is 699. The van der Waals surface area contributed by atoms with Crippen LogP contribution in [-0.2, 0) is 10.0 Å². The van der Waals surface area contributed by atoms with Gasteiger partial charge < -0.3 is 9.84 Å². The highest BCUT2D eigenvalue weighted by Gasteiger charge is 2.48. The van der Waals surface area contributed by atoms with Crippen molar-refractivity contribution in [1.29, 1.82) is 0 Å². The third kappa shape index (κ3) is 3.14. The Balaban J connectivity index is 2.50. The maximum absolute atomic E-state index is 12.4. The van der Waals surface area contributed by atoms with Crippen LogP contribution in [0.1, 0.15) is 30.6 Å². The normalized spacial score (nSPS) is 20.1. The number of rotatable bonds is 5. The number of hydrogen-bond donors (Lipinski definition) is 2. The monoisotopic (exact) mass is 333 g/mol. The first-order chi connectivity index (χ1) is 9.58. The van der Waals surface area contributed by atoms with Crippen LogP contribution in [0.3, 0.4) is 0 Å². The molecule has 1 aromatic carbocycles. The summed E-state index contributed by atoms with van der Waals surface area (Å²) in [6, 6.07) is 2.16. The van der Waals surface area contributed by atoms with Gasteiger partial charge in [0.05, 0.1) is 7.11 Å². The Morgan fingerprint density at radius 3 is 2.48 bits per heavy atom. The molecule has 0 spiro atoms. The predicted octanol–water partition coefficient (Wildman–Crippen LogP) is 2.12. The quantitative estimate of drug-likeness (QED) is 0.861. The van der Waals surface area contributed by atoms with E-state index in [1.165, 1.54) is 13.2 Å². The summed E-state index contributed by atoms with van der Waals surface area (Å²) in [5.74, 6) is -1.53. The smallest absolute Gasteiger partial charge is 0.339 e. The van der Waals surface area contributed by atoms with E-state index >= 15 is 0 Å². The van der Waals surface area contributed by atoms with E-state index in [1.54, 1.807) is 0 Å². The van der Waals surface area contributed by atoms with E-state index in [4.69, 9.17) is 21.4 Å². The number of carboxylic acid groups (broad SMARTS) is 1. The number of hydrogen-bond acceptors (Lipinski definition) is 4. The van der Waals surface area contributed by atoms with E-state index in [9.17, 15) is 13.2 Å². The molecule has 116 valence electrons. The third-order valence-corrected chi connectivity index (χ3v) is 5.25. The fraction of sp³-hybridized carbons (Fsp3) is 0.462. The van der Waals surface area contributed by atoms with Gasteiger partial charge in [0.1, 0.15) is 10.5 Å². The maximum atomic E-state index is 12.4. The largest absolute Gasteiger partial charge is 0.494 e. The van der Waals surface area contributed by atoms with Gasteiger partial charge in [0, 0.05) is 11.1 Å². The van der Waals surface area contributed by atoms with E-state index in [0.29, 0.717) is 0 Å². The van der Waals surface area contributed by atoms with Crippen molar-refractivity contribution in [3.8, 4) is 5.75 Å². The van der Waals surface area contributed by atoms with Gasteiger partial charge in [0.2, 0.25) is 10.0 Å². The molecule has 21 heavy (non-hydrogen) atoms. The van der Waals surface area contributed by atoms with Gasteiger partial charge in [-0.05, 0) is 24.0 Å². The summed E-state index contributed by atoms with van der Waals surface area (Å²) >= 11 is 5.83. The van der Waals surface area contributed by atoms with Gasteiger partial charge >= 0.3 is 5.97 Å². The molecule has 2 rings (SSSR count). The van der Waals surface area contributed by atoms with Crippen molar-refractivity contribution in [3.63, 3.8) is 0 Å². The second-order valence-electron chi connectivity index (χ2n) is 5.66. The number of aromatic carboxylic acids is 1. The van der Waals surface area contributed by atoms with Crippen LogP contribution < -0.4 is 9.46 Å². The highest BCUT2D eigenvalue weighted by atomic mass is 35.5. The number of ether oxygens (including phenoxy) is 1. The molecule has 1 fully saturated rings. The molecule has 8 heteroatoms. The van der Waals surface area contributed by atoms with Crippen molar-refractivity contribution in [2.24, 2.45) is 5.41 Å². The summed E-state index contributed by atoms with van der Waals surface area (Å²) in [5.41, 5.74) is -0.394. The molecule has 1 aliphatic rings. The van der Waals surface area contributed by atoms with Crippen molar-refractivity contribution in [2.75, 3.05) is 7.11 Å². The Labute approximate surface area is 128 Å². The molecular formula is C13H16ClNO5S. The highest BCUT2D eigenvalue weighted by Crippen LogP contribution is 2.45. The van der Waals surface area contributed by atoms with Crippen molar-refractivity contribution in [1.82, 2.24) is 4.72 Å². The summed E-state index contributed by atoms with van der Waals surface area (Å²) in [6.07, 6.45) is 0.723. The van der Waals surface area contributed by atoms with E-state index in [0.717, 1.165) is 12.5 Å². The number of nitrogens with one attached hydrogen (secondary N) is 1. The zero-order chi connectivity index (χ0) is 16.0. The molecule has 0 saturated heterocycles. The first-order valence-electron chi connectivity index (χ1n) is 6.21. The summed E-state index contributed by atoms with van der Waals surface area (Å²) in [4.78, 5) is 10.9. The van der Waals surface area contributed by atoms with Gasteiger partial charge in [0.15, 0.2) is 5.75 Å². The second kappa shape index (κ2) is 5.15. The molecule has 1 atom stereocenters. The minimum absolute atomic E-state index is 0.0173. The van der Waals surface area contributed by atoms with Gasteiger partial charge in [-0.15, -0.1) is 0 Å². The molecule has 0 amide bonds. The van der Waals surface area contributed by atoms with Gasteiger partial charge in [-0.3, -0.25) is 0 Å². The first-order valence-corrected chi connectivity index (χ1v) is 8.08. The van der Waals surface area contributed by atoms with Gasteiger partial charge in [-0.1, -0.05) is 25.4 Å². The van der Waals surface area contributed by atoms with Crippen LogP contribution in [0, 0.1) is 5.41 Å². The predicted molar refractivity (Wildman–Crippen MR) is 77.5 cm³/mol. The molecule has 6 nitrogen and oxygen atoms in total. The maximum Gasteiger partial charge on any atom is 0.339 e. The zero-order valence-electron chi connectivity index (χ0n) is 11.8. The number of carbonyl (C=O) groups is 1. The Kier molecular flexibility index (Phi) is 3.94. The fourth-order valence-corrected chi connectivity index (χ4v) is 3.96.